The molecule has 2 rings (SSSR count). The SMILES string of the molecule is COC(=O)c1nc(C)n(-c2ccc(F)c(F)c2)c1N. The zero-order chi connectivity index (χ0) is 14.2. The molecule has 0 aliphatic rings. The summed E-state index contributed by atoms with van der Waals surface area (Å²) in [5, 5.41) is 0. The second-order valence-corrected chi connectivity index (χ2v) is 3.82. The van der Waals surface area contributed by atoms with Crippen molar-refractivity contribution in [2.75, 3.05) is 12.8 Å². The van der Waals surface area contributed by atoms with Crippen molar-refractivity contribution in [3.63, 3.8) is 0 Å². The minimum absolute atomic E-state index is 0.00959. The molecule has 0 radical (unpaired) electrons. The summed E-state index contributed by atoms with van der Waals surface area (Å²) in [7, 11) is 1.20. The van der Waals surface area contributed by atoms with Gasteiger partial charge in [0.15, 0.2) is 17.3 Å². The van der Waals surface area contributed by atoms with Crippen LogP contribution in [0.3, 0.4) is 0 Å². The molecule has 5 nitrogen and oxygen atoms in total. The summed E-state index contributed by atoms with van der Waals surface area (Å²) in [4.78, 5) is 15.4. The van der Waals surface area contributed by atoms with Gasteiger partial charge in [0.25, 0.3) is 0 Å². The van der Waals surface area contributed by atoms with E-state index in [4.69, 9.17) is 5.73 Å². The first kappa shape index (κ1) is 13.0. The smallest absolute Gasteiger partial charge is 0.360 e. The van der Waals surface area contributed by atoms with Crippen LogP contribution in [0.1, 0.15) is 16.3 Å². The zero-order valence-corrected chi connectivity index (χ0v) is 10.3. The molecule has 1 aromatic carbocycles. The van der Waals surface area contributed by atoms with Crippen molar-refractivity contribution in [1.82, 2.24) is 9.55 Å². The van der Waals surface area contributed by atoms with Crippen LogP contribution in [-0.2, 0) is 4.74 Å². The number of nitrogen functional groups attached to an aromatic ring is 1. The van der Waals surface area contributed by atoms with Crippen molar-refractivity contribution in [3.05, 3.63) is 41.4 Å². The van der Waals surface area contributed by atoms with Gasteiger partial charge in [0.1, 0.15) is 11.6 Å². The van der Waals surface area contributed by atoms with Gasteiger partial charge >= 0.3 is 5.97 Å². The molecule has 2 aromatic rings. The highest BCUT2D eigenvalue weighted by atomic mass is 19.2. The van der Waals surface area contributed by atoms with Gasteiger partial charge in [-0.2, -0.15) is 0 Å². The fraction of sp³-hybridized carbons (Fsp3) is 0.167. The molecule has 0 saturated carbocycles. The Kier molecular flexibility index (Phi) is 3.20. The monoisotopic (exact) mass is 267 g/mol. The number of aromatic nitrogens is 2. The highest BCUT2D eigenvalue weighted by Crippen LogP contribution is 2.22. The van der Waals surface area contributed by atoms with Crippen molar-refractivity contribution < 1.29 is 18.3 Å². The van der Waals surface area contributed by atoms with Crippen LogP contribution in [0.25, 0.3) is 5.69 Å². The Morgan fingerprint density at radius 3 is 2.63 bits per heavy atom. The van der Waals surface area contributed by atoms with E-state index in [0.29, 0.717) is 5.82 Å². The fourth-order valence-corrected chi connectivity index (χ4v) is 1.75. The maximum absolute atomic E-state index is 13.2. The predicted octanol–water partition coefficient (Wildman–Crippen LogP) is 1.83. The highest BCUT2D eigenvalue weighted by molar-refractivity contribution is 5.92. The molecule has 0 atom stereocenters. The van der Waals surface area contributed by atoms with Crippen molar-refractivity contribution in [2.45, 2.75) is 6.92 Å². The first-order valence-electron chi connectivity index (χ1n) is 5.34. The standard InChI is InChI=1S/C12H11F2N3O2/c1-6-16-10(12(18)19-2)11(15)17(6)7-3-4-8(13)9(14)5-7/h3-5H,15H2,1-2H3. The number of hydrogen-bond donors (Lipinski definition) is 1. The first-order chi connectivity index (χ1) is 8.95. The average Bonchev–Trinajstić information content (AvgIpc) is 2.68. The maximum Gasteiger partial charge on any atom is 0.360 e. The van der Waals surface area contributed by atoms with Crippen molar-refractivity contribution in [1.29, 1.82) is 0 Å². The van der Waals surface area contributed by atoms with E-state index in [1.807, 2.05) is 0 Å². The summed E-state index contributed by atoms with van der Waals surface area (Å²) in [6.07, 6.45) is 0. The Labute approximate surface area is 107 Å². The van der Waals surface area contributed by atoms with Gasteiger partial charge in [-0.05, 0) is 19.1 Å². The van der Waals surface area contributed by atoms with Gasteiger partial charge in [-0.25, -0.2) is 18.6 Å². The number of aryl methyl sites for hydroxylation is 1. The summed E-state index contributed by atoms with van der Waals surface area (Å²) in [5.74, 6) is -2.29. The van der Waals surface area contributed by atoms with Gasteiger partial charge < -0.3 is 10.5 Å². The number of carbonyl (C=O) groups is 1. The highest BCUT2D eigenvalue weighted by Gasteiger charge is 2.20. The van der Waals surface area contributed by atoms with E-state index in [-0.39, 0.29) is 17.2 Å². The van der Waals surface area contributed by atoms with E-state index in [1.165, 1.54) is 17.7 Å². The topological polar surface area (TPSA) is 70.1 Å². The Bertz CT molecular complexity index is 653. The lowest BCUT2D eigenvalue weighted by Gasteiger charge is -2.08. The van der Waals surface area contributed by atoms with E-state index in [2.05, 4.69) is 9.72 Å². The second-order valence-electron chi connectivity index (χ2n) is 3.82. The lowest BCUT2D eigenvalue weighted by Crippen LogP contribution is -2.08. The van der Waals surface area contributed by atoms with E-state index in [0.717, 1.165) is 12.1 Å². The number of nitrogens with two attached hydrogens (primary N) is 1. The van der Waals surface area contributed by atoms with E-state index in [9.17, 15) is 13.6 Å². The summed E-state index contributed by atoms with van der Waals surface area (Å²) >= 11 is 0. The summed E-state index contributed by atoms with van der Waals surface area (Å²) < 4.78 is 32.0. The van der Waals surface area contributed by atoms with Crippen LogP contribution >= 0.6 is 0 Å². The minimum atomic E-state index is -1.01. The molecule has 2 N–H and O–H groups in total. The number of methoxy groups -OCH3 is 1. The molecule has 0 unspecified atom stereocenters. The molecule has 19 heavy (non-hydrogen) atoms. The van der Waals surface area contributed by atoms with Crippen LogP contribution in [-0.4, -0.2) is 22.6 Å². The van der Waals surface area contributed by atoms with Gasteiger partial charge in [0.05, 0.1) is 12.8 Å². The van der Waals surface area contributed by atoms with Gasteiger partial charge in [0.2, 0.25) is 0 Å². The summed E-state index contributed by atoms with van der Waals surface area (Å²) in [6, 6.07) is 3.29. The van der Waals surface area contributed by atoms with Crippen molar-refractivity contribution >= 4 is 11.8 Å². The number of ether oxygens (including phenoxy) is 1. The number of halogens is 2. The van der Waals surface area contributed by atoms with Gasteiger partial charge in [-0.1, -0.05) is 0 Å². The number of anilines is 1. The molecule has 1 heterocycles. The second kappa shape index (κ2) is 4.68. The third-order valence-electron chi connectivity index (χ3n) is 2.62. The molecule has 100 valence electrons. The number of benzene rings is 1. The number of hydrogen-bond acceptors (Lipinski definition) is 4. The Hall–Kier alpha value is -2.44. The van der Waals surface area contributed by atoms with Crippen LogP contribution in [0.2, 0.25) is 0 Å². The van der Waals surface area contributed by atoms with Crippen LogP contribution in [0.4, 0.5) is 14.6 Å². The average molecular weight is 267 g/mol. The summed E-state index contributed by atoms with van der Waals surface area (Å²) in [6.45, 7) is 1.59. The molecule has 0 spiro atoms. The van der Waals surface area contributed by atoms with E-state index >= 15 is 0 Å². The molecule has 0 aliphatic carbocycles. The number of nitrogens with zero attached hydrogens (tertiary/aromatic N) is 2. The Balaban J connectivity index is 2.59. The third-order valence-corrected chi connectivity index (χ3v) is 2.62. The molecule has 0 amide bonds. The zero-order valence-electron chi connectivity index (χ0n) is 10.3. The van der Waals surface area contributed by atoms with Crippen LogP contribution in [0.15, 0.2) is 18.2 Å². The molecule has 1 aromatic heterocycles. The molecular formula is C12H11F2N3O2. The Morgan fingerprint density at radius 2 is 2.05 bits per heavy atom. The number of esters is 1. The molecule has 0 bridgehead atoms. The quantitative estimate of drug-likeness (QED) is 0.843. The lowest BCUT2D eigenvalue weighted by atomic mass is 10.3. The van der Waals surface area contributed by atoms with Gasteiger partial charge in [-0.3, -0.25) is 4.57 Å². The predicted molar refractivity (Wildman–Crippen MR) is 64.0 cm³/mol. The van der Waals surface area contributed by atoms with E-state index in [1.54, 1.807) is 6.92 Å². The third kappa shape index (κ3) is 2.14. The number of rotatable bonds is 2. The normalized spacial score (nSPS) is 10.5. The summed E-state index contributed by atoms with van der Waals surface area (Å²) in [5.41, 5.74) is 5.99. The van der Waals surface area contributed by atoms with Gasteiger partial charge in [0, 0.05) is 6.07 Å². The number of imidazole rings is 1. The largest absolute Gasteiger partial charge is 0.464 e. The van der Waals surface area contributed by atoms with Crippen LogP contribution < -0.4 is 5.73 Å². The van der Waals surface area contributed by atoms with Crippen molar-refractivity contribution in [2.24, 2.45) is 0 Å². The molecule has 0 fully saturated rings. The molecule has 0 aliphatic heterocycles. The Morgan fingerprint density at radius 1 is 1.37 bits per heavy atom. The van der Waals surface area contributed by atoms with Gasteiger partial charge in [-0.15, -0.1) is 0 Å². The fourth-order valence-electron chi connectivity index (χ4n) is 1.75. The number of carbonyl (C=O) groups excluding carboxylic acids is 1. The van der Waals surface area contributed by atoms with Crippen LogP contribution in [0.5, 0.6) is 0 Å². The van der Waals surface area contributed by atoms with Crippen molar-refractivity contribution in [3.8, 4) is 5.69 Å². The van der Waals surface area contributed by atoms with Crippen LogP contribution in [0, 0.1) is 18.6 Å². The molecular weight excluding hydrogens is 256 g/mol. The first-order valence-corrected chi connectivity index (χ1v) is 5.34. The molecule has 7 heteroatoms. The van der Waals surface area contributed by atoms with E-state index < -0.39 is 17.6 Å². The molecule has 0 saturated heterocycles. The maximum atomic E-state index is 13.2. The minimum Gasteiger partial charge on any atom is -0.464 e. The lowest BCUT2D eigenvalue weighted by molar-refractivity contribution is 0.0596.